The summed E-state index contributed by atoms with van der Waals surface area (Å²) >= 11 is 0. The van der Waals surface area contributed by atoms with Crippen LogP contribution in [0, 0.1) is 17.2 Å². The highest BCUT2D eigenvalue weighted by Gasteiger charge is 2.20. The molecule has 0 saturated carbocycles. The zero-order valence-corrected chi connectivity index (χ0v) is 9.48. The van der Waals surface area contributed by atoms with E-state index in [1.807, 2.05) is 0 Å². The molecule has 1 aromatic heterocycles. The molecule has 0 aliphatic carbocycles. The molecule has 4 heteroatoms. The molecule has 1 saturated heterocycles. The molecule has 1 unspecified atom stereocenters. The second-order valence-electron chi connectivity index (χ2n) is 4.40. The van der Waals surface area contributed by atoms with E-state index >= 15 is 0 Å². The molecule has 4 nitrogen and oxygen atoms in total. The van der Waals surface area contributed by atoms with Crippen LogP contribution < -0.4 is 10.6 Å². The summed E-state index contributed by atoms with van der Waals surface area (Å²) in [6.07, 6.45) is 4.08. The third kappa shape index (κ3) is 1.94. The summed E-state index contributed by atoms with van der Waals surface area (Å²) in [5, 5.41) is 8.92. The third-order valence-electron chi connectivity index (χ3n) is 3.05. The average Bonchev–Trinajstić information content (AvgIpc) is 2.29. The topological polar surface area (TPSA) is 65.9 Å². The quantitative estimate of drug-likeness (QED) is 0.777. The minimum absolute atomic E-state index is 0.513. The van der Waals surface area contributed by atoms with Gasteiger partial charge in [0.2, 0.25) is 0 Å². The van der Waals surface area contributed by atoms with Crippen LogP contribution in [0.1, 0.15) is 25.3 Å². The van der Waals surface area contributed by atoms with E-state index in [-0.39, 0.29) is 0 Å². The van der Waals surface area contributed by atoms with E-state index < -0.39 is 0 Å². The number of aromatic nitrogens is 1. The summed E-state index contributed by atoms with van der Waals surface area (Å²) in [6.45, 7) is 4.19. The summed E-state index contributed by atoms with van der Waals surface area (Å²) in [5.74, 6) is 1.44. The van der Waals surface area contributed by atoms with Crippen LogP contribution in [0.5, 0.6) is 0 Å². The lowest BCUT2D eigenvalue weighted by Crippen LogP contribution is -2.35. The second-order valence-corrected chi connectivity index (χ2v) is 4.40. The number of nitrogens with two attached hydrogens (primary N) is 1. The molecule has 0 radical (unpaired) electrons. The maximum atomic E-state index is 8.92. The summed E-state index contributed by atoms with van der Waals surface area (Å²) in [7, 11) is 0. The molecule has 2 rings (SSSR count). The molecule has 0 aromatic carbocycles. The zero-order valence-electron chi connectivity index (χ0n) is 9.48. The van der Waals surface area contributed by atoms with Gasteiger partial charge in [0.1, 0.15) is 6.07 Å². The second kappa shape index (κ2) is 4.40. The molecule has 2 heterocycles. The highest BCUT2D eigenvalue weighted by molar-refractivity contribution is 5.70. The number of piperidine rings is 1. The maximum absolute atomic E-state index is 8.92. The molecule has 1 aromatic rings. The Hall–Kier alpha value is -1.76. The van der Waals surface area contributed by atoms with Gasteiger partial charge in [-0.3, -0.25) is 0 Å². The van der Waals surface area contributed by atoms with E-state index in [2.05, 4.69) is 22.9 Å². The van der Waals surface area contributed by atoms with Crippen molar-refractivity contribution in [2.75, 3.05) is 23.7 Å². The Bertz CT molecular complexity index is 422. The fraction of sp³-hybridized carbons (Fsp3) is 0.500. The summed E-state index contributed by atoms with van der Waals surface area (Å²) in [6, 6.07) is 3.75. The first-order valence-electron chi connectivity index (χ1n) is 5.62. The van der Waals surface area contributed by atoms with E-state index in [1.165, 1.54) is 12.8 Å². The Balaban J connectivity index is 2.30. The van der Waals surface area contributed by atoms with Gasteiger partial charge in [0.25, 0.3) is 0 Å². The van der Waals surface area contributed by atoms with Gasteiger partial charge in [0.05, 0.1) is 11.3 Å². The van der Waals surface area contributed by atoms with Gasteiger partial charge in [-0.15, -0.1) is 0 Å². The van der Waals surface area contributed by atoms with Crippen LogP contribution >= 0.6 is 0 Å². The minimum Gasteiger partial charge on any atom is -0.395 e. The summed E-state index contributed by atoms with van der Waals surface area (Å²) in [4.78, 5) is 6.48. The van der Waals surface area contributed by atoms with Gasteiger partial charge in [0, 0.05) is 19.3 Å². The molecule has 1 aliphatic heterocycles. The largest absolute Gasteiger partial charge is 0.395 e. The standard InChI is InChI=1S/C12H16N4/c1-9-3-2-6-16(8-9)12-11(14)10(7-13)4-5-15-12/h4-5,9H,2-3,6,8,14H2,1H3. The van der Waals surface area contributed by atoms with E-state index in [1.54, 1.807) is 12.3 Å². The smallest absolute Gasteiger partial charge is 0.153 e. The van der Waals surface area contributed by atoms with Crippen molar-refractivity contribution < 1.29 is 0 Å². The molecule has 0 amide bonds. The van der Waals surface area contributed by atoms with Crippen molar-refractivity contribution in [2.45, 2.75) is 19.8 Å². The average molecular weight is 216 g/mol. The lowest BCUT2D eigenvalue weighted by molar-refractivity contribution is 0.445. The lowest BCUT2D eigenvalue weighted by atomic mass is 10.00. The van der Waals surface area contributed by atoms with Crippen molar-refractivity contribution in [1.29, 1.82) is 5.26 Å². The van der Waals surface area contributed by atoms with Gasteiger partial charge in [-0.25, -0.2) is 4.98 Å². The first kappa shape index (κ1) is 10.7. The Labute approximate surface area is 95.7 Å². The monoisotopic (exact) mass is 216 g/mol. The van der Waals surface area contributed by atoms with Crippen molar-refractivity contribution in [3.63, 3.8) is 0 Å². The van der Waals surface area contributed by atoms with Gasteiger partial charge in [-0.2, -0.15) is 5.26 Å². The lowest BCUT2D eigenvalue weighted by Gasteiger charge is -2.32. The molecular formula is C12H16N4. The Morgan fingerprint density at radius 2 is 2.44 bits per heavy atom. The van der Waals surface area contributed by atoms with E-state index in [4.69, 9.17) is 11.0 Å². The number of rotatable bonds is 1. The van der Waals surface area contributed by atoms with Crippen LogP contribution in [-0.2, 0) is 0 Å². The Morgan fingerprint density at radius 3 is 3.12 bits per heavy atom. The number of hydrogen-bond acceptors (Lipinski definition) is 4. The Kier molecular flexibility index (Phi) is 2.95. The number of nitrogens with zero attached hydrogens (tertiary/aromatic N) is 3. The Morgan fingerprint density at radius 1 is 1.62 bits per heavy atom. The number of nitrogen functional groups attached to an aromatic ring is 1. The zero-order chi connectivity index (χ0) is 11.5. The number of pyridine rings is 1. The van der Waals surface area contributed by atoms with Gasteiger partial charge in [0.15, 0.2) is 5.82 Å². The van der Waals surface area contributed by atoms with E-state index in [9.17, 15) is 0 Å². The predicted molar refractivity (Wildman–Crippen MR) is 64.0 cm³/mol. The van der Waals surface area contributed by atoms with Crippen molar-refractivity contribution in [2.24, 2.45) is 5.92 Å². The van der Waals surface area contributed by atoms with Crippen LogP contribution in [0.2, 0.25) is 0 Å². The third-order valence-corrected chi connectivity index (χ3v) is 3.05. The van der Waals surface area contributed by atoms with Gasteiger partial charge in [-0.1, -0.05) is 6.92 Å². The van der Waals surface area contributed by atoms with Crippen LogP contribution in [0.4, 0.5) is 11.5 Å². The van der Waals surface area contributed by atoms with Gasteiger partial charge >= 0.3 is 0 Å². The molecule has 1 atom stereocenters. The number of anilines is 2. The van der Waals surface area contributed by atoms with Crippen LogP contribution in [0.3, 0.4) is 0 Å². The SMILES string of the molecule is CC1CCCN(c2nccc(C#N)c2N)C1. The molecule has 16 heavy (non-hydrogen) atoms. The first-order chi connectivity index (χ1) is 7.72. The molecular weight excluding hydrogens is 200 g/mol. The predicted octanol–water partition coefficient (Wildman–Crippen LogP) is 1.77. The number of nitriles is 1. The minimum atomic E-state index is 0.513. The first-order valence-corrected chi connectivity index (χ1v) is 5.62. The van der Waals surface area contributed by atoms with Crippen LogP contribution in [0.15, 0.2) is 12.3 Å². The fourth-order valence-corrected chi connectivity index (χ4v) is 2.19. The molecule has 0 bridgehead atoms. The van der Waals surface area contributed by atoms with Gasteiger partial charge < -0.3 is 10.6 Å². The van der Waals surface area contributed by atoms with Crippen LogP contribution in [-0.4, -0.2) is 18.1 Å². The molecule has 1 fully saturated rings. The maximum Gasteiger partial charge on any atom is 0.153 e. The highest BCUT2D eigenvalue weighted by atomic mass is 15.2. The number of hydrogen-bond donors (Lipinski definition) is 1. The van der Waals surface area contributed by atoms with Crippen molar-refractivity contribution in [3.8, 4) is 6.07 Å². The van der Waals surface area contributed by atoms with E-state index in [0.29, 0.717) is 17.2 Å². The molecule has 84 valence electrons. The van der Waals surface area contributed by atoms with E-state index in [0.717, 1.165) is 18.9 Å². The molecule has 2 N–H and O–H groups in total. The fourth-order valence-electron chi connectivity index (χ4n) is 2.19. The van der Waals surface area contributed by atoms with Gasteiger partial charge in [-0.05, 0) is 24.8 Å². The summed E-state index contributed by atoms with van der Waals surface area (Å²) < 4.78 is 0. The molecule has 1 aliphatic rings. The highest BCUT2D eigenvalue weighted by Crippen LogP contribution is 2.27. The summed E-state index contributed by atoms with van der Waals surface area (Å²) in [5.41, 5.74) is 6.97. The van der Waals surface area contributed by atoms with Crippen molar-refractivity contribution in [1.82, 2.24) is 4.98 Å². The van der Waals surface area contributed by atoms with Crippen molar-refractivity contribution >= 4 is 11.5 Å². The molecule has 0 spiro atoms. The van der Waals surface area contributed by atoms with Crippen molar-refractivity contribution in [3.05, 3.63) is 17.8 Å². The normalized spacial score (nSPS) is 20.5. The van der Waals surface area contributed by atoms with Crippen LogP contribution in [0.25, 0.3) is 0 Å².